The average molecular weight is 915 g/mol. The predicted molar refractivity (Wildman–Crippen MR) is 300 cm³/mol. The van der Waals surface area contributed by atoms with Gasteiger partial charge in [0.25, 0.3) is 0 Å². The lowest BCUT2D eigenvalue weighted by atomic mass is 9.57. The Balaban J connectivity index is 1.18. The predicted octanol–water partition coefficient (Wildman–Crippen LogP) is 16.6. The Morgan fingerprint density at radius 3 is 1.87 bits per heavy atom. The van der Waals surface area contributed by atoms with Gasteiger partial charge in [0.15, 0.2) is 7.28 Å². The number of rotatable bonds is 3. The highest BCUT2D eigenvalue weighted by Gasteiger charge is 2.44. The van der Waals surface area contributed by atoms with Crippen LogP contribution in [0.5, 0.6) is 0 Å². The van der Waals surface area contributed by atoms with Gasteiger partial charge in [-0.05, 0) is 140 Å². The molecule has 0 bridgehead atoms. The second-order valence-electron chi connectivity index (χ2n) is 23.2. The van der Waals surface area contributed by atoms with Gasteiger partial charge in [-0.2, -0.15) is 0 Å². The zero-order chi connectivity index (χ0) is 46.4. The number of hydrogen-bond donors (Lipinski definition) is 1. The molecule has 1 N–H and O–H groups in total. The van der Waals surface area contributed by atoms with Gasteiger partial charge in [-0.25, -0.2) is 0 Å². The van der Waals surface area contributed by atoms with Crippen LogP contribution in [0.15, 0.2) is 133 Å². The van der Waals surface area contributed by atoms with Gasteiger partial charge in [-0.3, -0.25) is 0 Å². The normalized spacial score (nSPS) is 16.4. The Morgan fingerprint density at radius 1 is 0.559 bits per heavy atom. The molecule has 8 aromatic carbocycles. The second-order valence-corrected chi connectivity index (χ2v) is 25.4. The molecule has 0 spiro atoms. The van der Waals surface area contributed by atoms with Crippen molar-refractivity contribution in [3.8, 4) is 27.9 Å². The minimum Gasteiger partial charge on any atom is -0.355 e. The quantitative estimate of drug-likeness (QED) is 0.175. The van der Waals surface area contributed by atoms with Gasteiger partial charge in [0.05, 0.1) is 5.52 Å². The van der Waals surface area contributed by atoms with Crippen molar-refractivity contribution >= 4 is 114 Å². The Kier molecular flexibility index (Phi) is 8.15. The van der Waals surface area contributed by atoms with Gasteiger partial charge >= 0.3 is 0 Å². The number of aromatic nitrogens is 1. The summed E-state index contributed by atoms with van der Waals surface area (Å²) in [6.45, 7) is 21.8. The molecule has 3 aromatic heterocycles. The summed E-state index contributed by atoms with van der Waals surface area (Å²) in [7, 11) is 0.847. The van der Waals surface area contributed by atoms with Crippen molar-refractivity contribution in [1.29, 1.82) is 0 Å². The molecule has 2 aliphatic carbocycles. The zero-order valence-electron chi connectivity index (χ0n) is 40.6. The summed E-state index contributed by atoms with van der Waals surface area (Å²) in [5.74, 6) is 0. The summed E-state index contributed by atoms with van der Waals surface area (Å²) in [5, 5.41) is 12.3. The molecule has 5 heteroatoms. The Labute approximate surface area is 407 Å². The molecule has 0 fully saturated rings. The number of nitrogens with one attached hydrogen (secondary N) is 1. The van der Waals surface area contributed by atoms with Crippen LogP contribution in [0.4, 0.5) is 11.4 Å². The van der Waals surface area contributed by atoms with E-state index >= 15 is 0 Å². The Hall–Kier alpha value is -6.14. The zero-order valence-corrected chi connectivity index (χ0v) is 42.2. The second kappa shape index (κ2) is 13.6. The number of anilines is 2. The summed E-state index contributed by atoms with van der Waals surface area (Å²) in [6.07, 6.45) is 2.36. The smallest absolute Gasteiger partial charge is 0.198 e. The molecule has 11 aromatic rings. The van der Waals surface area contributed by atoms with Gasteiger partial charge in [-0.15, -0.1) is 22.7 Å². The van der Waals surface area contributed by atoms with Gasteiger partial charge in [0, 0.05) is 84.7 Å². The van der Waals surface area contributed by atoms with Gasteiger partial charge in [0.2, 0.25) is 0 Å². The molecule has 0 atom stereocenters. The number of fused-ring (bicyclic) bond motifs is 16. The molecule has 0 amide bonds. The summed E-state index contributed by atoms with van der Waals surface area (Å²) in [5.41, 5.74) is 21.7. The van der Waals surface area contributed by atoms with E-state index in [-0.39, 0.29) is 21.7 Å². The van der Waals surface area contributed by atoms with Crippen LogP contribution >= 0.6 is 22.7 Å². The lowest BCUT2D eigenvalue weighted by Crippen LogP contribution is -2.38. The van der Waals surface area contributed by atoms with Crippen molar-refractivity contribution in [2.45, 2.75) is 96.8 Å². The summed E-state index contributed by atoms with van der Waals surface area (Å²) < 4.78 is 8.09. The summed E-state index contributed by atoms with van der Waals surface area (Å²) in [4.78, 5) is 0. The third kappa shape index (κ3) is 5.52. The van der Waals surface area contributed by atoms with Crippen LogP contribution in [-0.4, -0.2) is 11.8 Å². The third-order valence-corrected chi connectivity index (χ3v) is 19.0. The SMILES string of the molecule is CC(C)(C)c1ccc(Nc2cc3sc4ccccc4c3cc2-c2c3c(c4c5cc6c(cc5n5c4c2Bc2cc4sc7ccccc7c4cc2-5)C(C)(C)CCC6(C)C)-c2ccccc2C3(C)C)cc1. The molecule has 68 heavy (non-hydrogen) atoms. The largest absolute Gasteiger partial charge is 0.355 e. The fraction of sp³-hybridized carbons (Fsp3) is 0.238. The molecule has 0 saturated heterocycles. The molecule has 0 radical (unpaired) electrons. The first-order chi connectivity index (χ1) is 32.6. The Bertz CT molecular complexity index is 4030. The molecule has 14 rings (SSSR count). The molecule has 0 saturated carbocycles. The summed E-state index contributed by atoms with van der Waals surface area (Å²) in [6, 6.07) is 52.0. The van der Waals surface area contributed by atoms with E-state index in [1.54, 1.807) is 0 Å². The number of nitrogens with zero attached hydrogens (tertiary/aromatic N) is 1. The van der Waals surface area contributed by atoms with E-state index in [0.29, 0.717) is 0 Å². The molecule has 0 unspecified atom stereocenters. The van der Waals surface area contributed by atoms with Crippen LogP contribution in [0.3, 0.4) is 0 Å². The van der Waals surface area contributed by atoms with E-state index in [1.807, 2.05) is 22.7 Å². The van der Waals surface area contributed by atoms with E-state index in [9.17, 15) is 0 Å². The lowest BCUT2D eigenvalue weighted by Gasteiger charge is -2.42. The standard InChI is InChI=1S/C63H55BN2S2/c1-60(2,3)34-22-24-35(25-23-34)65-47-33-53-39(36-16-11-14-20-50(36)68-53)28-41(47)56-57-54(38-18-10-13-19-43(38)63(57,8)9)55-42-29-44-45(62(6,7)27-26-61(44,4)5)31-48(42)66-49-30-40-37-17-12-15-21-51(37)67-52(40)32-46(49)64-58(56)59(55)66/h10-25,28-33,64-65H,26-27H2,1-9H3. The average Bonchev–Trinajstić information content (AvgIpc) is 4.03. The maximum absolute atomic E-state index is 4.10. The Morgan fingerprint density at radius 2 is 1.18 bits per heavy atom. The number of benzene rings is 8. The molecule has 332 valence electrons. The van der Waals surface area contributed by atoms with Gasteiger partial charge in [0.1, 0.15) is 0 Å². The molecule has 3 aliphatic rings. The van der Waals surface area contributed by atoms with Gasteiger partial charge < -0.3 is 9.88 Å². The fourth-order valence-electron chi connectivity index (χ4n) is 13.0. The fourth-order valence-corrected chi connectivity index (χ4v) is 15.3. The van der Waals surface area contributed by atoms with E-state index in [4.69, 9.17) is 0 Å². The van der Waals surface area contributed by atoms with E-state index in [0.717, 1.165) is 18.7 Å². The third-order valence-electron chi connectivity index (χ3n) is 16.8. The van der Waals surface area contributed by atoms with Crippen LogP contribution in [0.2, 0.25) is 0 Å². The summed E-state index contributed by atoms with van der Waals surface area (Å²) >= 11 is 3.84. The number of hydrogen-bond acceptors (Lipinski definition) is 3. The van der Waals surface area contributed by atoms with Crippen molar-refractivity contribution in [2.75, 3.05) is 5.32 Å². The van der Waals surface area contributed by atoms with Gasteiger partial charge in [-0.1, -0.05) is 141 Å². The van der Waals surface area contributed by atoms with Crippen molar-refractivity contribution < 1.29 is 0 Å². The van der Waals surface area contributed by atoms with Crippen LogP contribution in [0, 0.1) is 0 Å². The molecule has 1 aliphatic heterocycles. The van der Waals surface area contributed by atoms with Crippen molar-refractivity contribution in [3.05, 3.63) is 161 Å². The highest BCUT2D eigenvalue weighted by Crippen LogP contribution is 2.59. The molecule has 4 heterocycles. The first-order valence-corrected chi connectivity index (χ1v) is 26.3. The van der Waals surface area contributed by atoms with Crippen LogP contribution < -0.4 is 16.2 Å². The van der Waals surface area contributed by atoms with Crippen molar-refractivity contribution in [2.24, 2.45) is 0 Å². The minimum atomic E-state index is -0.275. The first kappa shape index (κ1) is 40.9. The van der Waals surface area contributed by atoms with Crippen molar-refractivity contribution in [1.82, 2.24) is 4.57 Å². The van der Waals surface area contributed by atoms with E-state index in [1.165, 1.54) is 142 Å². The maximum atomic E-state index is 4.10. The monoisotopic (exact) mass is 914 g/mol. The highest BCUT2D eigenvalue weighted by atomic mass is 32.1. The van der Waals surface area contributed by atoms with E-state index < -0.39 is 0 Å². The minimum absolute atomic E-state index is 0.0652. The highest BCUT2D eigenvalue weighted by molar-refractivity contribution is 7.26. The molecule has 2 nitrogen and oxygen atoms in total. The van der Waals surface area contributed by atoms with E-state index in [2.05, 4.69) is 206 Å². The first-order valence-electron chi connectivity index (χ1n) is 24.7. The maximum Gasteiger partial charge on any atom is 0.198 e. The molecular weight excluding hydrogens is 860 g/mol. The topological polar surface area (TPSA) is 17.0 Å². The number of thiophene rings is 2. The molecular formula is C63H55BN2S2. The lowest BCUT2D eigenvalue weighted by molar-refractivity contribution is 0.332. The van der Waals surface area contributed by atoms with Crippen LogP contribution in [-0.2, 0) is 21.7 Å². The van der Waals surface area contributed by atoms with Crippen LogP contribution in [0.25, 0.3) is 90.1 Å². The van der Waals surface area contributed by atoms with Crippen molar-refractivity contribution in [3.63, 3.8) is 0 Å². The van der Waals surface area contributed by atoms with Crippen LogP contribution in [0.1, 0.15) is 103 Å².